The molecular formula is C22H21N3O3S. The van der Waals surface area contributed by atoms with Crippen molar-refractivity contribution in [2.24, 2.45) is 0 Å². The molecule has 148 valence electrons. The molecule has 6 nitrogen and oxygen atoms in total. The quantitative estimate of drug-likeness (QED) is 0.709. The van der Waals surface area contributed by atoms with E-state index >= 15 is 0 Å². The van der Waals surface area contributed by atoms with Crippen LogP contribution in [0, 0.1) is 6.92 Å². The summed E-state index contributed by atoms with van der Waals surface area (Å²) < 4.78 is 5.25. The fourth-order valence-corrected chi connectivity index (χ4v) is 4.44. The summed E-state index contributed by atoms with van der Waals surface area (Å²) in [5.41, 5.74) is 2.14. The summed E-state index contributed by atoms with van der Waals surface area (Å²) in [5, 5.41) is 3.49. The van der Waals surface area contributed by atoms with Crippen molar-refractivity contribution in [1.82, 2.24) is 9.88 Å². The Morgan fingerprint density at radius 1 is 1.17 bits per heavy atom. The number of carbonyl (C=O) groups is 2. The van der Waals surface area contributed by atoms with Gasteiger partial charge < -0.3 is 15.0 Å². The molecule has 1 N–H and O–H groups in total. The molecule has 0 spiro atoms. The Morgan fingerprint density at radius 3 is 2.55 bits per heavy atom. The van der Waals surface area contributed by atoms with E-state index in [1.54, 1.807) is 31.3 Å². The molecule has 0 fully saturated rings. The molecule has 4 rings (SSSR count). The number of ether oxygens (including phenoxy) is 1. The van der Waals surface area contributed by atoms with E-state index in [1.807, 2.05) is 49.4 Å². The predicted octanol–water partition coefficient (Wildman–Crippen LogP) is 4.01. The fourth-order valence-electron chi connectivity index (χ4n) is 3.77. The number of carbonyl (C=O) groups excluding carboxylic acids is 2. The second kappa shape index (κ2) is 7.67. The summed E-state index contributed by atoms with van der Waals surface area (Å²) in [6.45, 7) is 1.94. The first-order valence-corrected chi connectivity index (χ1v) is 10.0. The highest BCUT2D eigenvalue weighted by Crippen LogP contribution is 2.42. The number of hydrogen-bond acceptors (Lipinski definition) is 5. The van der Waals surface area contributed by atoms with E-state index in [-0.39, 0.29) is 11.8 Å². The van der Waals surface area contributed by atoms with Gasteiger partial charge in [-0.05, 0) is 36.2 Å². The summed E-state index contributed by atoms with van der Waals surface area (Å²) in [6.07, 6.45) is 1.73. The van der Waals surface area contributed by atoms with Gasteiger partial charge in [0, 0.05) is 23.7 Å². The summed E-state index contributed by atoms with van der Waals surface area (Å²) in [6, 6.07) is 14.3. The van der Waals surface area contributed by atoms with E-state index in [1.165, 1.54) is 11.3 Å². The van der Waals surface area contributed by atoms with Crippen molar-refractivity contribution < 1.29 is 14.3 Å². The second-order valence-electron chi connectivity index (χ2n) is 6.96. The van der Waals surface area contributed by atoms with Crippen molar-refractivity contribution in [1.29, 1.82) is 0 Å². The van der Waals surface area contributed by atoms with Gasteiger partial charge in [0.05, 0.1) is 19.1 Å². The number of aromatic nitrogens is 1. The summed E-state index contributed by atoms with van der Waals surface area (Å²) in [5.74, 6) is -0.132. The maximum absolute atomic E-state index is 13.4. The number of fused-ring (bicyclic) bond motifs is 1. The largest absolute Gasteiger partial charge is 0.497 e. The van der Waals surface area contributed by atoms with Crippen LogP contribution in [0.1, 0.15) is 38.3 Å². The van der Waals surface area contributed by atoms with E-state index in [0.717, 1.165) is 21.8 Å². The predicted molar refractivity (Wildman–Crippen MR) is 112 cm³/mol. The van der Waals surface area contributed by atoms with Gasteiger partial charge in [-0.3, -0.25) is 9.59 Å². The van der Waals surface area contributed by atoms with Crippen LogP contribution in [-0.4, -0.2) is 35.9 Å². The average Bonchev–Trinajstić information content (AvgIpc) is 3.15. The number of amides is 2. The maximum Gasteiger partial charge on any atom is 0.254 e. The monoisotopic (exact) mass is 407 g/mol. The number of nitrogens with one attached hydrogen (secondary N) is 1. The molecule has 0 radical (unpaired) electrons. The number of nitrogens with zero attached hydrogens (tertiary/aromatic N) is 2. The van der Waals surface area contributed by atoms with E-state index in [0.29, 0.717) is 10.7 Å². The number of likely N-dealkylation sites (N-methyl/N-ethyl adjacent to an activating group) is 1. The first kappa shape index (κ1) is 19.1. The van der Waals surface area contributed by atoms with Crippen LogP contribution >= 0.6 is 11.3 Å². The third-order valence-electron chi connectivity index (χ3n) is 5.17. The zero-order valence-corrected chi connectivity index (χ0v) is 17.2. The van der Waals surface area contributed by atoms with Gasteiger partial charge in [0.2, 0.25) is 5.91 Å². The van der Waals surface area contributed by atoms with Gasteiger partial charge in [0.15, 0.2) is 5.13 Å². The number of anilines is 1. The lowest BCUT2D eigenvalue weighted by atomic mass is 9.79. The third kappa shape index (κ3) is 3.49. The first-order chi connectivity index (χ1) is 14.0. The van der Waals surface area contributed by atoms with Crippen LogP contribution in [0.4, 0.5) is 5.13 Å². The molecule has 2 heterocycles. The number of rotatable bonds is 4. The van der Waals surface area contributed by atoms with Crippen molar-refractivity contribution >= 4 is 28.3 Å². The van der Waals surface area contributed by atoms with Crippen molar-refractivity contribution in [2.75, 3.05) is 19.5 Å². The highest BCUT2D eigenvalue weighted by atomic mass is 32.1. The van der Waals surface area contributed by atoms with Crippen LogP contribution in [-0.2, 0) is 4.79 Å². The van der Waals surface area contributed by atoms with E-state index in [9.17, 15) is 9.59 Å². The zero-order chi connectivity index (χ0) is 20.5. The molecule has 1 aliphatic rings. The first-order valence-electron chi connectivity index (χ1n) is 9.23. The molecule has 1 aromatic heterocycles. The molecule has 0 saturated heterocycles. The molecule has 0 saturated carbocycles. The van der Waals surface area contributed by atoms with Gasteiger partial charge in [-0.25, -0.2) is 4.98 Å². The van der Waals surface area contributed by atoms with Gasteiger partial charge in [-0.2, -0.15) is 0 Å². The van der Waals surface area contributed by atoms with E-state index < -0.39 is 12.0 Å². The molecule has 0 bridgehead atoms. The van der Waals surface area contributed by atoms with Crippen molar-refractivity contribution in [2.45, 2.75) is 18.9 Å². The number of methoxy groups -OCH3 is 1. The lowest BCUT2D eigenvalue weighted by Crippen LogP contribution is -2.44. The number of benzene rings is 2. The van der Waals surface area contributed by atoms with Crippen molar-refractivity contribution in [3.8, 4) is 5.75 Å². The molecule has 0 unspecified atom stereocenters. The van der Waals surface area contributed by atoms with Crippen LogP contribution in [0.25, 0.3) is 0 Å². The SMILES string of the molecule is COc1ccc([C@H]2[C@@H](C(=O)Nc3ncc(C)s3)c3ccccc3C(=O)N2C)cc1. The molecule has 2 aromatic carbocycles. The van der Waals surface area contributed by atoms with E-state index in [2.05, 4.69) is 10.3 Å². The van der Waals surface area contributed by atoms with Gasteiger partial charge in [0.1, 0.15) is 5.75 Å². The van der Waals surface area contributed by atoms with Gasteiger partial charge >= 0.3 is 0 Å². The topological polar surface area (TPSA) is 71.5 Å². The summed E-state index contributed by atoms with van der Waals surface area (Å²) in [7, 11) is 3.34. The smallest absolute Gasteiger partial charge is 0.254 e. The highest BCUT2D eigenvalue weighted by molar-refractivity contribution is 7.15. The minimum atomic E-state index is -0.563. The fraction of sp³-hybridized carbons (Fsp3) is 0.227. The van der Waals surface area contributed by atoms with Crippen LogP contribution < -0.4 is 10.1 Å². The van der Waals surface area contributed by atoms with Crippen molar-refractivity contribution in [3.05, 3.63) is 76.3 Å². The highest BCUT2D eigenvalue weighted by Gasteiger charge is 2.42. The van der Waals surface area contributed by atoms with E-state index in [4.69, 9.17) is 4.74 Å². The van der Waals surface area contributed by atoms with Gasteiger partial charge in [-0.1, -0.05) is 30.3 Å². The molecular weight excluding hydrogens is 386 g/mol. The molecule has 3 aromatic rings. The minimum Gasteiger partial charge on any atom is -0.497 e. The number of aryl methyl sites for hydroxylation is 1. The number of hydrogen-bond donors (Lipinski definition) is 1. The zero-order valence-electron chi connectivity index (χ0n) is 16.4. The minimum absolute atomic E-state index is 0.101. The van der Waals surface area contributed by atoms with Crippen LogP contribution in [0.15, 0.2) is 54.7 Å². The molecule has 29 heavy (non-hydrogen) atoms. The second-order valence-corrected chi connectivity index (χ2v) is 8.20. The third-order valence-corrected chi connectivity index (χ3v) is 6.00. The average molecular weight is 407 g/mol. The maximum atomic E-state index is 13.4. The lowest BCUT2D eigenvalue weighted by molar-refractivity contribution is -0.119. The Balaban J connectivity index is 1.79. The summed E-state index contributed by atoms with van der Waals surface area (Å²) in [4.78, 5) is 33.3. The van der Waals surface area contributed by atoms with Gasteiger partial charge in [-0.15, -0.1) is 11.3 Å². The molecule has 2 atom stereocenters. The molecule has 0 aliphatic carbocycles. The molecule has 1 aliphatic heterocycles. The van der Waals surface area contributed by atoms with Gasteiger partial charge in [0.25, 0.3) is 5.91 Å². The van der Waals surface area contributed by atoms with Crippen LogP contribution in [0.2, 0.25) is 0 Å². The lowest BCUT2D eigenvalue weighted by Gasteiger charge is -2.39. The van der Waals surface area contributed by atoms with Crippen molar-refractivity contribution in [3.63, 3.8) is 0 Å². The molecule has 7 heteroatoms. The number of thiazole rings is 1. The summed E-state index contributed by atoms with van der Waals surface area (Å²) >= 11 is 1.42. The normalized spacial score (nSPS) is 18.3. The Bertz CT molecular complexity index is 1060. The Morgan fingerprint density at radius 2 is 1.90 bits per heavy atom. The van der Waals surface area contributed by atoms with Crippen LogP contribution in [0.5, 0.6) is 5.75 Å². The Hall–Kier alpha value is -3.19. The standard InChI is InChI=1S/C22H21N3O3S/c1-13-12-23-22(29-13)24-20(26)18-16-6-4-5-7-17(16)21(27)25(2)19(18)14-8-10-15(28-3)11-9-14/h4-12,18-19H,1-3H3,(H,23,24,26)/t18-,19-/m0/s1. The Labute approximate surface area is 173 Å². The molecule has 2 amide bonds. The Kier molecular flexibility index (Phi) is 5.07. The van der Waals surface area contributed by atoms with Crippen LogP contribution in [0.3, 0.4) is 0 Å².